The summed E-state index contributed by atoms with van der Waals surface area (Å²) >= 11 is 1.52. The van der Waals surface area contributed by atoms with Crippen molar-refractivity contribution in [2.24, 2.45) is 0 Å². The molecule has 1 N–H and O–H groups in total. The topological polar surface area (TPSA) is 88.3 Å². The summed E-state index contributed by atoms with van der Waals surface area (Å²) in [5.74, 6) is 1.43. The highest BCUT2D eigenvalue weighted by Gasteiger charge is 2.31. The SMILES string of the molecule is CNC(=O)c1sc2ccccc2c1CC1CCCN1C(=O)CCc1nc(C(C)C)no1. The van der Waals surface area contributed by atoms with Crippen molar-refractivity contribution in [3.05, 3.63) is 46.4 Å². The van der Waals surface area contributed by atoms with Gasteiger partial charge in [-0.3, -0.25) is 9.59 Å². The van der Waals surface area contributed by atoms with Gasteiger partial charge in [-0.05, 0) is 36.3 Å². The van der Waals surface area contributed by atoms with E-state index in [-0.39, 0.29) is 23.8 Å². The molecule has 2 amide bonds. The summed E-state index contributed by atoms with van der Waals surface area (Å²) in [4.78, 5) is 32.6. The molecule has 3 aromatic rings. The maximum Gasteiger partial charge on any atom is 0.261 e. The van der Waals surface area contributed by atoms with Gasteiger partial charge in [0, 0.05) is 43.1 Å². The van der Waals surface area contributed by atoms with Crippen LogP contribution >= 0.6 is 11.3 Å². The van der Waals surface area contributed by atoms with Crippen LogP contribution in [0.1, 0.15) is 66.0 Å². The first-order valence-corrected chi connectivity index (χ1v) is 11.6. The number of aryl methyl sites for hydroxylation is 1. The van der Waals surface area contributed by atoms with E-state index in [9.17, 15) is 9.59 Å². The van der Waals surface area contributed by atoms with Crippen LogP contribution in [-0.4, -0.2) is 46.5 Å². The zero-order chi connectivity index (χ0) is 22.0. The highest BCUT2D eigenvalue weighted by Crippen LogP contribution is 2.34. The van der Waals surface area contributed by atoms with E-state index in [1.165, 1.54) is 11.3 Å². The molecule has 2 aromatic heterocycles. The van der Waals surface area contributed by atoms with Crippen molar-refractivity contribution >= 4 is 33.2 Å². The number of nitrogens with one attached hydrogen (secondary N) is 1. The minimum Gasteiger partial charge on any atom is -0.354 e. The first-order valence-electron chi connectivity index (χ1n) is 10.8. The second-order valence-electron chi connectivity index (χ2n) is 8.27. The van der Waals surface area contributed by atoms with Crippen molar-refractivity contribution in [3.8, 4) is 0 Å². The number of carbonyl (C=O) groups is 2. The lowest BCUT2D eigenvalue weighted by Crippen LogP contribution is -2.37. The summed E-state index contributed by atoms with van der Waals surface area (Å²) in [6.07, 6.45) is 3.42. The molecule has 164 valence electrons. The number of aromatic nitrogens is 2. The zero-order valence-electron chi connectivity index (χ0n) is 18.2. The van der Waals surface area contributed by atoms with Gasteiger partial charge >= 0.3 is 0 Å². The molecular weight excluding hydrogens is 412 g/mol. The van der Waals surface area contributed by atoms with Crippen molar-refractivity contribution in [3.63, 3.8) is 0 Å². The van der Waals surface area contributed by atoms with Gasteiger partial charge < -0.3 is 14.7 Å². The zero-order valence-corrected chi connectivity index (χ0v) is 19.0. The van der Waals surface area contributed by atoms with E-state index in [0.29, 0.717) is 31.0 Å². The third kappa shape index (κ3) is 4.49. The molecule has 1 aliphatic heterocycles. The smallest absolute Gasteiger partial charge is 0.261 e. The highest BCUT2D eigenvalue weighted by molar-refractivity contribution is 7.21. The fraction of sp³-hybridized carbons (Fsp3) is 0.478. The van der Waals surface area contributed by atoms with Gasteiger partial charge in [0.15, 0.2) is 5.82 Å². The van der Waals surface area contributed by atoms with Crippen LogP contribution in [0.2, 0.25) is 0 Å². The minimum absolute atomic E-state index is 0.0653. The summed E-state index contributed by atoms with van der Waals surface area (Å²) in [6, 6.07) is 8.20. The molecule has 1 saturated heterocycles. The van der Waals surface area contributed by atoms with Crippen LogP contribution in [0.15, 0.2) is 28.8 Å². The number of amides is 2. The average molecular weight is 441 g/mol. The predicted octanol–water partition coefficient (Wildman–Crippen LogP) is 3.93. The maximum absolute atomic E-state index is 13.0. The number of benzene rings is 1. The molecular formula is C23H28N4O3S. The van der Waals surface area contributed by atoms with E-state index in [0.717, 1.165) is 39.9 Å². The van der Waals surface area contributed by atoms with Crippen LogP contribution < -0.4 is 5.32 Å². The molecule has 7 nitrogen and oxygen atoms in total. The molecule has 1 aromatic carbocycles. The summed E-state index contributed by atoms with van der Waals surface area (Å²) in [5, 5.41) is 7.84. The molecule has 4 rings (SSSR count). The number of hydrogen-bond donors (Lipinski definition) is 1. The van der Waals surface area contributed by atoms with Crippen molar-refractivity contribution in [2.45, 2.75) is 57.9 Å². The molecule has 1 unspecified atom stereocenters. The van der Waals surface area contributed by atoms with Gasteiger partial charge in [-0.1, -0.05) is 37.2 Å². The van der Waals surface area contributed by atoms with Gasteiger partial charge in [0.1, 0.15) is 0 Å². The Bertz CT molecular complexity index is 1090. The molecule has 31 heavy (non-hydrogen) atoms. The second-order valence-corrected chi connectivity index (χ2v) is 9.33. The number of fused-ring (bicyclic) bond motifs is 1. The average Bonchev–Trinajstić information content (AvgIpc) is 3.51. The Morgan fingerprint density at radius 1 is 1.32 bits per heavy atom. The third-order valence-electron chi connectivity index (χ3n) is 5.82. The van der Waals surface area contributed by atoms with Crippen LogP contribution in [0.25, 0.3) is 10.1 Å². The lowest BCUT2D eigenvalue weighted by atomic mass is 10.00. The summed E-state index contributed by atoms with van der Waals surface area (Å²) < 4.78 is 6.38. The first kappa shape index (κ1) is 21.5. The summed E-state index contributed by atoms with van der Waals surface area (Å²) in [7, 11) is 1.66. The molecule has 0 saturated carbocycles. The number of rotatable bonds is 7. The van der Waals surface area contributed by atoms with Gasteiger partial charge in [-0.15, -0.1) is 11.3 Å². The fourth-order valence-electron chi connectivity index (χ4n) is 4.17. The van der Waals surface area contributed by atoms with E-state index >= 15 is 0 Å². The third-order valence-corrected chi connectivity index (χ3v) is 7.03. The number of hydrogen-bond acceptors (Lipinski definition) is 6. The van der Waals surface area contributed by atoms with E-state index in [1.807, 2.05) is 36.9 Å². The van der Waals surface area contributed by atoms with Crippen LogP contribution in [0.5, 0.6) is 0 Å². The van der Waals surface area contributed by atoms with Gasteiger partial charge in [-0.25, -0.2) is 0 Å². The molecule has 0 radical (unpaired) electrons. The molecule has 1 atom stereocenters. The molecule has 0 aliphatic carbocycles. The van der Waals surface area contributed by atoms with Gasteiger partial charge in [0.05, 0.1) is 4.88 Å². The van der Waals surface area contributed by atoms with Gasteiger partial charge in [0.2, 0.25) is 11.8 Å². The predicted molar refractivity (Wildman–Crippen MR) is 120 cm³/mol. The Hall–Kier alpha value is -2.74. The van der Waals surface area contributed by atoms with E-state index in [4.69, 9.17) is 4.52 Å². The lowest BCUT2D eigenvalue weighted by molar-refractivity contribution is -0.132. The fourth-order valence-corrected chi connectivity index (χ4v) is 5.35. The van der Waals surface area contributed by atoms with E-state index < -0.39 is 0 Å². The van der Waals surface area contributed by atoms with Crippen molar-refractivity contribution in [1.29, 1.82) is 0 Å². The summed E-state index contributed by atoms with van der Waals surface area (Å²) in [6.45, 7) is 4.77. The Labute approximate surface area is 185 Å². The number of nitrogens with zero attached hydrogens (tertiary/aromatic N) is 3. The molecule has 1 fully saturated rings. The van der Waals surface area contributed by atoms with Crippen LogP contribution in [0.3, 0.4) is 0 Å². The lowest BCUT2D eigenvalue weighted by Gasteiger charge is -2.25. The molecule has 8 heteroatoms. The largest absolute Gasteiger partial charge is 0.354 e. The molecule has 0 spiro atoms. The molecule has 3 heterocycles. The van der Waals surface area contributed by atoms with Crippen LogP contribution in [-0.2, 0) is 17.6 Å². The second kappa shape index (κ2) is 9.18. The van der Waals surface area contributed by atoms with E-state index in [1.54, 1.807) is 7.05 Å². The Balaban J connectivity index is 1.48. The van der Waals surface area contributed by atoms with E-state index in [2.05, 4.69) is 21.5 Å². The van der Waals surface area contributed by atoms with Crippen molar-refractivity contribution in [2.75, 3.05) is 13.6 Å². The minimum atomic E-state index is -0.0653. The van der Waals surface area contributed by atoms with Crippen molar-refractivity contribution in [1.82, 2.24) is 20.4 Å². The highest BCUT2D eigenvalue weighted by atomic mass is 32.1. The quantitative estimate of drug-likeness (QED) is 0.601. The normalized spacial score (nSPS) is 16.4. The molecule has 0 bridgehead atoms. The standard InChI is InChI=1S/C23H28N4O3S/c1-14(2)22-25-19(30-26-22)10-11-20(28)27-12-6-7-15(27)13-17-16-8-4-5-9-18(16)31-21(17)23(29)24-3/h4-5,8-9,14-15H,6-7,10-13H2,1-3H3,(H,24,29). The molecule has 1 aliphatic rings. The van der Waals surface area contributed by atoms with Gasteiger partial charge in [0.25, 0.3) is 5.91 Å². The number of carbonyl (C=O) groups excluding carboxylic acids is 2. The number of likely N-dealkylation sites (tertiary alicyclic amines) is 1. The monoisotopic (exact) mass is 440 g/mol. The Kier molecular flexibility index (Phi) is 6.36. The number of thiophene rings is 1. The van der Waals surface area contributed by atoms with Crippen molar-refractivity contribution < 1.29 is 14.1 Å². The van der Waals surface area contributed by atoms with Crippen LogP contribution in [0, 0.1) is 0 Å². The maximum atomic E-state index is 13.0. The van der Waals surface area contributed by atoms with Crippen LogP contribution in [0.4, 0.5) is 0 Å². The first-order chi connectivity index (χ1) is 15.0. The van der Waals surface area contributed by atoms with Gasteiger partial charge in [-0.2, -0.15) is 4.98 Å². The summed E-state index contributed by atoms with van der Waals surface area (Å²) in [5.41, 5.74) is 1.04. The Morgan fingerprint density at radius 2 is 2.13 bits per heavy atom. The Morgan fingerprint density at radius 3 is 2.87 bits per heavy atom.